The van der Waals surface area contributed by atoms with Crippen molar-refractivity contribution in [3.8, 4) is 0 Å². The Hall–Kier alpha value is -1.42. The van der Waals surface area contributed by atoms with Gasteiger partial charge in [0.2, 0.25) is 0 Å². The van der Waals surface area contributed by atoms with E-state index in [1.807, 2.05) is 12.1 Å². The lowest BCUT2D eigenvalue weighted by Gasteiger charge is -2.23. The molecular formula is C10H15N2O2+. The maximum atomic E-state index is 10.4. The number of non-ortho nitro benzene ring substituents is 1. The van der Waals surface area contributed by atoms with Gasteiger partial charge in [-0.15, -0.1) is 0 Å². The minimum Gasteiger partial charge on any atom is -0.327 e. The molecule has 4 nitrogen and oxygen atoms in total. The Bertz CT molecular complexity index is 325. The van der Waals surface area contributed by atoms with Crippen LogP contribution in [0.3, 0.4) is 0 Å². The molecule has 0 spiro atoms. The van der Waals surface area contributed by atoms with Crippen LogP contribution in [0.5, 0.6) is 0 Å². The van der Waals surface area contributed by atoms with Crippen molar-refractivity contribution in [3.05, 3.63) is 39.9 Å². The van der Waals surface area contributed by atoms with E-state index < -0.39 is 0 Å². The van der Waals surface area contributed by atoms with Gasteiger partial charge in [-0.2, -0.15) is 0 Å². The summed E-state index contributed by atoms with van der Waals surface area (Å²) in [6.45, 7) is 0.873. The molecule has 76 valence electrons. The van der Waals surface area contributed by atoms with E-state index in [1.165, 1.54) is 0 Å². The van der Waals surface area contributed by atoms with Crippen LogP contribution in [0.15, 0.2) is 24.3 Å². The first kappa shape index (κ1) is 10.7. The number of nitro benzene ring substituents is 1. The molecule has 0 aliphatic rings. The normalized spacial score (nSPS) is 11.4. The van der Waals surface area contributed by atoms with E-state index >= 15 is 0 Å². The summed E-state index contributed by atoms with van der Waals surface area (Å²) in [7, 11) is 6.25. The van der Waals surface area contributed by atoms with E-state index in [0.29, 0.717) is 0 Å². The second kappa shape index (κ2) is 3.75. The fourth-order valence-electron chi connectivity index (χ4n) is 1.27. The summed E-state index contributed by atoms with van der Waals surface area (Å²) in [6.07, 6.45) is 0. The summed E-state index contributed by atoms with van der Waals surface area (Å²) < 4.78 is 0.817. The van der Waals surface area contributed by atoms with E-state index in [-0.39, 0.29) is 10.6 Å². The zero-order valence-electron chi connectivity index (χ0n) is 8.73. The third-order valence-corrected chi connectivity index (χ3v) is 1.80. The number of rotatable bonds is 3. The van der Waals surface area contributed by atoms with Crippen molar-refractivity contribution in [1.29, 1.82) is 0 Å². The van der Waals surface area contributed by atoms with E-state index in [2.05, 4.69) is 21.1 Å². The molecule has 0 aliphatic carbocycles. The molecule has 14 heavy (non-hydrogen) atoms. The van der Waals surface area contributed by atoms with Crippen LogP contribution in [-0.2, 0) is 6.54 Å². The van der Waals surface area contributed by atoms with Crippen LogP contribution in [-0.4, -0.2) is 30.5 Å². The number of quaternary nitrogens is 1. The van der Waals surface area contributed by atoms with Crippen molar-refractivity contribution in [2.75, 3.05) is 21.1 Å². The molecule has 0 fully saturated rings. The Kier molecular flexibility index (Phi) is 2.86. The predicted octanol–water partition coefficient (Wildman–Crippen LogP) is 1.80. The van der Waals surface area contributed by atoms with Gasteiger partial charge in [-0.25, -0.2) is 0 Å². The Morgan fingerprint density at radius 3 is 2.07 bits per heavy atom. The molecule has 1 rings (SSSR count). The molecule has 0 bridgehead atoms. The fraction of sp³-hybridized carbons (Fsp3) is 0.400. The van der Waals surface area contributed by atoms with Gasteiger partial charge in [-0.1, -0.05) is 0 Å². The molecule has 0 aliphatic heterocycles. The van der Waals surface area contributed by atoms with E-state index in [0.717, 1.165) is 16.6 Å². The summed E-state index contributed by atoms with van der Waals surface area (Å²) in [6, 6.07) is 6.71. The fourth-order valence-corrected chi connectivity index (χ4v) is 1.27. The van der Waals surface area contributed by atoms with E-state index in [1.54, 1.807) is 12.1 Å². The van der Waals surface area contributed by atoms with Crippen molar-refractivity contribution in [3.63, 3.8) is 0 Å². The van der Waals surface area contributed by atoms with E-state index in [9.17, 15) is 10.1 Å². The highest BCUT2D eigenvalue weighted by Crippen LogP contribution is 2.13. The van der Waals surface area contributed by atoms with Gasteiger partial charge in [0.1, 0.15) is 6.54 Å². The van der Waals surface area contributed by atoms with Gasteiger partial charge >= 0.3 is 0 Å². The highest BCUT2D eigenvalue weighted by Gasteiger charge is 2.10. The zero-order chi connectivity index (χ0) is 10.8. The van der Waals surface area contributed by atoms with E-state index in [4.69, 9.17) is 0 Å². The maximum Gasteiger partial charge on any atom is 0.269 e. The van der Waals surface area contributed by atoms with Crippen LogP contribution in [0, 0.1) is 10.1 Å². The molecule has 4 heteroatoms. The molecule has 0 heterocycles. The Labute approximate surface area is 83.5 Å². The zero-order valence-corrected chi connectivity index (χ0v) is 8.73. The monoisotopic (exact) mass is 195 g/mol. The van der Waals surface area contributed by atoms with Crippen LogP contribution in [0.1, 0.15) is 5.56 Å². The topological polar surface area (TPSA) is 43.1 Å². The van der Waals surface area contributed by atoms with Crippen molar-refractivity contribution < 1.29 is 9.41 Å². The minimum atomic E-state index is -0.379. The molecule has 0 unspecified atom stereocenters. The van der Waals surface area contributed by atoms with Crippen LogP contribution >= 0.6 is 0 Å². The number of hydrogen-bond acceptors (Lipinski definition) is 2. The van der Waals surface area contributed by atoms with Gasteiger partial charge in [0, 0.05) is 17.7 Å². The molecule has 0 N–H and O–H groups in total. The molecule has 0 radical (unpaired) electrons. The largest absolute Gasteiger partial charge is 0.327 e. The number of hydrogen-bond donors (Lipinski definition) is 0. The van der Waals surface area contributed by atoms with Crippen molar-refractivity contribution in [2.45, 2.75) is 6.54 Å². The summed E-state index contributed by atoms with van der Waals surface area (Å²) >= 11 is 0. The lowest BCUT2D eigenvalue weighted by molar-refractivity contribution is -0.884. The van der Waals surface area contributed by atoms with Gasteiger partial charge < -0.3 is 4.48 Å². The number of benzene rings is 1. The summed E-state index contributed by atoms with van der Waals surface area (Å²) in [5.41, 5.74) is 1.26. The van der Waals surface area contributed by atoms with Gasteiger partial charge in [0.15, 0.2) is 0 Å². The predicted molar refractivity (Wildman–Crippen MR) is 54.8 cm³/mol. The Balaban J connectivity index is 2.79. The third kappa shape index (κ3) is 3.14. The molecule has 0 amide bonds. The summed E-state index contributed by atoms with van der Waals surface area (Å²) in [5, 5.41) is 10.4. The molecule has 0 aromatic heterocycles. The lowest BCUT2D eigenvalue weighted by Crippen LogP contribution is -2.33. The molecule has 1 aromatic rings. The molecule has 0 saturated heterocycles. The molecule has 0 atom stereocenters. The van der Waals surface area contributed by atoms with Crippen molar-refractivity contribution >= 4 is 5.69 Å². The number of nitro groups is 1. The molecule has 1 aromatic carbocycles. The Morgan fingerprint density at radius 2 is 1.71 bits per heavy atom. The van der Waals surface area contributed by atoms with Gasteiger partial charge in [0.05, 0.1) is 26.1 Å². The number of nitrogens with zero attached hydrogens (tertiary/aromatic N) is 2. The molecular weight excluding hydrogens is 180 g/mol. The second-order valence-electron chi connectivity index (χ2n) is 4.37. The highest BCUT2D eigenvalue weighted by atomic mass is 16.6. The first-order valence-electron chi connectivity index (χ1n) is 4.42. The van der Waals surface area contributed by atoms with Crippen LogP contribution < -0.4 is 0 Å². The standard InChI is InChI=1S/C10H15N2O2/c1-12(2,3)8-9-4-6-10(7-5-9)11(13)14/h4-7H,8H2,1-3H3/q+1. The highest BCUT2D eigenvalue weighted by molar-refractivity contribution is 5.32. The Morgan fingerprint density at radius 1 is 1.21 bits per heavy atom. The first-order chi connectivity index (χ1) is 6.38. The van der Waals surface area contributed by atoms with Gasteiger partial charge in [-0.3, -0.25) is 10.1 Å². The van der Waals surface area contributed by atoms with Crippen molar-refractivity contribution in [2.24, 2.45) is 0 Å². The van der Waals surface area contributed by atoms with Crippen LogP contribution in [0.4, 0.5) is 5.69 Å². The second-order valence-corrected chi connectivity index (χ2v) is 4.37. The van der Waals surface area contributed by atoms with Gasteiger partial charge in [0.25, 0.3) is 5.69 Å². The van der Waals surface area contributed by atoms with Crippen LogP contribution in [0.2, 0.25) is 0 Å². The quantitative estimate of drug-likeness (QED) is 0.419. The molecule has 0 saturated carbocycles. The smallest absolute Gasteiger partial charge is 0.269 e. The SMILES string of the molecule is C[N+](C)(C)Cc1ccc([N+](=O)[O-])cc1. The first-order valence-corrected chi connectivity index (χ1v) is 4.42. The minimum absolute atomic E-state index is 0.148. The lowest BCUT2D eigenvalue weighted by atomic mass is 10.2. The summed E-state index contributed by atoms with van der Waals surface area (Å²) in [4.78, 5) is 10.0. The van der Waals surface area contributed by atoms with Crippen LogP contribution in [0.25, 0.3) is 0 Å². The average Bonchev–Trinajstić information content (AvgIpc) is 2.02. The maximum absolute atomic E-state index is 10.4. The average molecular weight is 195 g/mol. The third-order valence-electron chi connectivity index (χ3n) is 1.80. The summed E-state index contributed by atoms with van der Waals surface area (Å²) in [5.74, 6) is 0. The van der Waals surface area contributed by atoms with Crippen molar-refractivity contribution in [1.82, 2.24) is 0 Å². The van der Waals surface area contributed by atoms with Gasteiger partial charge in [-0.05, 0) is 12.1 Å².